The Labute approximate surface area is 116 Å². The number of benzene rings is 2. The quantitative estimate of drug-likeness (QED) is 0.771. The molecule has 3 rings (SSSR count). The maximum atomic E-state index is 13.4. The zero-order chi connectivity index (χ0) is 14.1. The molecule has 1 heterocycles. The molecule has 3 aromatic rings. The maximum Gasteiger partial charge on any atom is 0.127 e. The molecule has 100 valence electrons. The molecule has 2 aromatic carbocycles. The van der Waals surface area contributed by atoms with Crippen LogP contribution in [-0.4, -0.2) is 9.78 Å². The molecule has 0 aliphatic rings. The summed E-state index contributed by atoms with van der Waals surface area (Å²) >= 11 is 0. The average Bonchev–Trinajstić information content (AvgIpc) is 2.84. The van der Waals surface area contributed by atoms with Gasteiger partial charge in [-0.3, -0.25) is 0 Å². The number of hydrogen-bond donors (Lipinski definition) is 1. The third-order valence-corrected chi connectivity index (χ3v) is 3.21. The van der Waals surface area contributed by atoms with Crippen LogP contribution in [0, 0.1) is 12.7 Å². The smallest absolute Gasteiger partial charge is 0.127 e. The van der Waals surface area contributed by atoms with Crippen molar-refractivity contribution in [1.29, 1.82) is 0 Å². The number of aromatic nitrogens is 2. The lowest BCUT2D eigenvalue weighted by Gasteiger charge is -2.04. The Bertz CT molecular complexity index is 748. The lowest BCUT2D eigenvalue weighted by Crippen LogP contribution is -2.01. The molecule has 0 amide bonds. The van der Waals surface area contributed by atoms with Crippen LogP contribution in [0.3, 0.4) is 0 Å². The zero-order valence-electron chi connectivity index (χ0n) is 11.0. The number of anilines is 1. The van der Waals surface area contributed by atoms with E-state index in [0.717, 1.165) is 16.8 Å². The summed E-state index contributed by atoms with van der Waals surface area (Å²) in [4.78, 5) is 0. The van der Waals surface area contributed by atoms with Crippen molar-refractivity contribution in [1.82, 2.24) is 9.78 Å². The molecule has 0 fully saturated rings. The molecule has 0 aliphatic heterocycles. The minimum absolute atomic E-state index is 0.279. The largest absolute Gasteiger partial charge is 0.384 e. The average molecular weight is 267 g/mol. The van der Waals surface area contributed by atoms with Gasteiger partial charge in [0, 0.05) is 11.6 Å². The fourth-order valence-electron chi connectivity index (χ4n) is 2.17. The van der Waals surface area contributed by atoms with Crippen molar-refractivity contribution < 1.29 is 4.39 Å². The van der Waals surface area contributed by atoms with E-state index >= 15 is 0 Å². The second kappa shape index (κ2) is 4.81. The zero-order valence-corrected chi connectivity index (χ0v) is 11.0. The third kappa shape index (κ3) is 2.16. The number of aryl methyl sites for hydroxylation is 1. The Kier molecular flexibility index (Phi) is 2.99. The molecule has 3 nitrogen and oxygen atoms in total. The molecule has 1 aromatic heterocycles. The van der Waals surface area contributed by atoms with Crippen LogP contribution in [0.1, 0.15) is 5.56 Å². The molecule has 0 atom stereocenters. The molecular formula is C16H14FN3. The Balaban J connectivity index is 2.11. The molecule has 0 aliphatic carbocycles. The highest BCUT2D eigenvalue weighted by Crippen LogP contribution is 2.26. The minimum Gasteiger partial charge on any atom is -0.384 e. The van der Waals surface area contributed by atoms with Crippen LogP contribution in [-0.2, 0) is 0 Å². The summed E-state index contributed by atoms with van der Waals surface area (Å²) in [6.07, 6.45) is 0. The first kappa shape index (κ1) is 12.4. The van der Waals surface area contributed by atoms with Crippen LogP contribution >= 0.6 is 0 Å². The summed E-state index contributed by atoms with van der Waals surface area (Å²) in [5.74, 6) is 0.244. The standard InChI is InChI=1S/C16H14FN3/c1-11-7-8-12(17)9-14(11)15-10-16(18)20(19-15)13-5-3-2-4-6-13/h2-10H,18H2,1H3. The predicted octanol–water partition coefficient (Wildman–Crippen LogP) is 3.57. The van der Waals surface area contributed by atoms with Crippen LogP contribution in [0.15, 0.2) is 54.6 Å². The number of para-hydroxylation sites is 1. The first-order valence-corrected chi connectivity index (χ1v) is 6.32. The lowest BCUT2D eigenvalue weighted by atomic mass is 10.1. The van der Waals surface area contributed by atoms with Crippen molar-refractivity contribution in [2.75, 3.05) is 5.73 Å². The highest BCUT2D eigenvalue weighted by molar-refractivity contribution is 5.67. The van der Waals surface area contributed by atoms with Gasteiger partial charge in [-0.1, -0.05) is 24.3 Å². The van der Waals surface area contributed by atoms with Gasteiger partial charge >= 0.3 is 0 Å². The number of nitrogens with two attached hydrogens (primary N) is 1. The molecule has 0 saturated heterocycles. The van der Waals surface area contributed by atoms with Crippen molar-refractivity contribution in [2.24, 2.45) is 0 Å². The number of nitrogen functional groups attached to an aromatic ring is 1. The Hall–Kier alpha value is -2.62. The van der Waals surface area contributed by atoms with E-state index in [2.05, 4.69) is 5.10 Å². The van der Waals surface area contributed by atoms with E-state index in [1.165, 1.54) is 12.1 Å². The summed E-state index contributed by atoms with van der Waals surface area (Å²) < 4.78 is 15.0. The Morgan fingerprint density at radius 1 is 1.05 bits per heavy atom. The molecule has 20 heavy (non-hydrogen) atoms. The monoisotopic (exact) mass is 267 g/mol. The van der Waals surface area contributed by atoms with E-state index in [4.69, 9.17) is 5.73 Å². The molecule has 0 bridgehead atoms. The maximum absolute atomic E-state index is 13.4. The van der Waals surface area contributed by atoms with Crippen LogP contribution in [0.2, 0.25) is 0 Å². The molecule has 0 radical (unpaired) electrons. The summed E-state index contributed by atoms with van der Waals surface area (Å²) in [6.45, 7) is 1.92. The third-order valence-electron chi connectivity index (χ3n) is 3.21. The second-order valence-corrected chi connectivity index (χ2v) is 4.66. The van der Waals surface area contributed by atoms with Crippen molar-refractivity contribution in [3.05, 3.63) is 66.0 Å². The summed E-state index contributed by atoms with van der Waals surface area (Å²) in [6, 6.07) is 16.0. The topological polar surface area (TPSA) is 43.8 Å². The van der Waals surface area contributed by atoms with Crippen molar-refractivity contribution in [2.45, 2.75) is 6.92 Å². The van der Waals surface area contributed by atoms with Gasteiger partial charge in [-0.2, -0.15) is 5.10 Å². The molecule has 0 saturated carbocycles. The fourth-order valence-corrected chi connectivity index (χ4v) is 2.17. The molecule has 2 N–H and O–H groups in total. The van der Waals surface area contributed by atoms with Crippen LogP contribution < -0.4 is 5.73 Å². The van der Waals surface area contributed by atoms with Crippen molar-refractivity contribution >= 4 is 5.82 Å². The van der Waals surface area contributed by atoms with E-state index in [-0.39, 0.29) is 5.82 Å². The van der Waals surface area contributed by atoms with E-state index < -0.39 is 0 Å². The summed E-state index contributed by atoms with van der Waals surface area (Å²) in [5.41, 5.74) is 9.27. The van der Waals surface area contributed by atoms with Gasteiger partial charge in [-0.25, -0.2) is 9.07 Å². The van der Waals surface area contributed by atoms with E-state index in [1.807, 2.05) is 37.3 Å². The Morgan fingerprint density at radius 3 is 2.55 bits per heavy atom. The van der Waals surface area contributed by atoms with Gasteiger partial charge in [-0.15, -0.1) is 0 Å². The van der Waals surface area contributed by atoms with Gasteiger partial charge in [-0.05, 0) is 36.8 Å². The SMILES string of the molecule is Cc1ccc(F)cc1-c1cc(N)n(-c2ccccc2)n1. The van der Waals surface area contributed by atoms with Gasteiger partial charge < -0.3 is 5.73 Å². The van der Waals surface area contributed by atoms with Gasteiger partial charge in [0.1, 0.15) is 11.6 Å². The first-order valence-electron chi connectivity index (χ1n) is 6.32. The Morgan fingerprint density at radius 2 is 1.80 bits per heavy atom. The van der Waals surface area contributed by atoms with E-state index in [0.29, 0.717) is 11.5 Å². The number of nitrogens with zero attached hydrogens (tertiary/aromatic N) is 2. The van der Waals surface area contributed by atoms with Crippen molar-refractivity contribution in [3.8, 4) is 16.9 Å². The van der Waals surface area contributed by atoms with Gasteiger partial charge in [0.05, 0.1) is 11.4 Å². The predicted molar refractivity (Wildman–Crippen MR) is 78.1 cm³/mol. The molecule has 0 unspecified atom stereocenters. The van der Waals surface area contributed by atoms with Gasteiger partial charge in [0.25, 0.3) is 0 Å². The summed E-state index contributed by atoms with van der Waals surface area (Å²) in [5, 5.41) is 4.48. The van der Waals surface area contributed by atoms with Crippen LogP contribution in [0.4, 0.5) is 10.2 Å². The van der Waals surface area contributed by atoms with Crippen molar-refractivity contribution in [3.63, 3.8) is 0 Å². The highest BCUT2D eigenvalue weighted by Gasteiger charge is 2.11. The van der Waals surface area contributed by atoms with Crippen LogP contribution in [0.5, 0.6) is 0 Å². The van der Waals surface area contributed by atoms with E-state index in [9.17, 15) is 4.39 Å². The number of halogens is 1. The first-order chi connectivity index (χ1) is 9.65. The normalized spacial score (nSPS) is 10.7. The highest BCUT2D eigenvalue weighted by atomic mass is 19.1. The molecule has 0 spiro atoms. The van der Waals surface area contributed by atoms with Gasteiger partial charge in [0.2, 0.25) is 0 Å². The summed E-state index contributed by atoms with van der Waals surface area (Å²) in [7, 11) is 0. The van der Waals surface area contributed by atoms with E-state index in [1.54, 1.807) is 16.8 Å². The van der Waals surface area contributed by atoms with Crippen LogP contribution in [0.25, 0.3) is 16.9 Å². The molecule has 4 heteroatoms. The lowest BCUT2D eigenvalue weighted by molar-refractivity contribution is 0.628. The number of hydrogen-bond acceptors (Lipinski definition) is 2. The number of rotatable bonds is 2. The second-order valence-electron chi connectivity index (χ2n) is 4.66. The molecular weight excluding hydrogens is 253 g/mol. The van der Waals surface area contributed by atoms with Gasteiger partial charge in [0.15, 0.2) is 0 Å². The fraction of sp³-hybridized carbons (Fsp3) is 0.0625. The minimum atomic E-state index is -0.279.